The van der Waals surface area contributed by atoms with Crippen LogP contribution in [-0.4, -0.2) is 29.9 Å². The lowest BCUT2D eigenvalue weighted by Crippen LogP contribution is -2.48. The van der Waals surface area contributed by atoms with Gasteiger partial charge in [-0.05, 0) is 47.6 Å². The fourth-order valence-electron chi connectivity index (χ4n) is 2.53. The van der Waals surface area contributed by atoms with Gasteiger partial charge in [0.1, 0.15) is 6.54 Å². The molecule has 2 aromatic rings. The van der Waals surface area contributed by atoms with E-state index in [4.69, 9.17) is 34.8 Å². The molecule has 14 heteroatoms. The van der Waals surface area contributed by atoms with Crippen LogP contribution < -0.4 is 16.2 Å². The molecule has 184 valence electrons. The Balaban J connectivity index is 2.07. The molecule has 34 heavy (non-hydrogen) atoms. The van der Waals surface area contributed by atoms with Crippen molar-refractivity contribution in [1.82, 2.24) is 16.2 Å². The first-order valence-corrected chi connectivity index (χ1v) is 10.6. The normalized spacial score (nSPS) is 13.0. The van der Waals surface area contributed by atoms with E-state index in [0.29, 0.717) is 5.56 Å². The molecule has 0 aliphatic rings. The highest BCUT2D eigenvalue weighted by molar-refractivity contribution is 7.80. The smallest absolute Gasteiger partial charge is 0.352 e. The molecule has 0 heterocycles. The summed E-state index contributed by atoms with van der Waals surface area (Å²) < 4.78 is 77.2. The maximum Gasteiger partial charge on any atom is 0.405 e. The molecule has 0 bridgehead atoms. The second-order valence-electron chi connectivity index (χ2n) is 6.68. The van der Waals surface area contributed by atoms with Crippen LogP contribution in [0.2, 0.25) is 15.1 Å². The summed E-state index contributed by atoms with van der Waals surface area (Å²) in [6.45, 7) is -1.39. The fraction of sp³-hybridized carbons (Fsp3) is 0.200. The van der Waals surface area contributed by atoms with Crippen molar-refractivity contribution in [2.45, 2.75) is 18.3 Å². The van der Waals surface area contributed by atoms with E-state index in [0.717, 1.165) is 18.2 Å². The van der Waals surface area contributed by atoms with Gasteiger partial charge in [0.05, 0.1) is 21.0 Å². The number of hydrazine groups is 1. The molecule has 0 saturated carbocycles. The molecule has 3 N–H and O–H groups in total. The van der Waals surface area contributed by atoms with E-state index in [2.05, 4.69) is 23.1 Å². The maximum absolute atomic E-state index is 13.6. The van der Waals surface area contributed by atoms with E-state index in [1.165, 1.54) is 30.3 Å². The number of benzene rings is 2. The van der Waals surface area contributed by atoms with Gasteiger partial charge in [-0.3, -0.25) is 15.6 Å². The quantitative estimate of drug-likeness (QED) is 0.164. The third-order valence-electron chi connectivity index (χ3n) is 4.11. The van der Waals surface area contributed by atoms with Crippen molar-refractivity contribution in [3.8, 4) is 0 Å². The number of thiocarbonyl (C=S) groups is 1. The third kappa shape index (κ3) is 8.53. The number of carbonyl (C=O) groups is 1. The molecule has 0 aromatic heterocycles. The Bertz CT molecular complexity index is 1050. The van der Waals surface area contributed by atoms with Gasteiger partial charge in [-0.1, -0.05) is 59.1 Å². The summed E-state index contributed by atoms with van der Waals surface area (Å²) in [6, 6.07) is 7.52. The van der Waals surface area contributed by atoms with E-state index in [9.17, 15) is 31.1 Å². The number of hydrogen-bond acceptors (Lipinski definition) is 2. The molecule has 0 aliphatic carbocycles. The van der Waals surface area contributed by atoms with Gasteiger partial charge in [-0.15, -0.1) is 0 Å². The minimum atomic E-state index is -4.65. The standard InChI is InChI=1S/C20H14Cl3F6N3OS/c21-14-7-12(8-15(22)16(14)23)13(20(27,28)29)6-3-10-1-4-11(5-2-10)17(33)31-32-18(34)30-9-19(24,25)26/h1-8,13H,9H2,(H,31,33)(H2,30,32,34)/b6-3+. The van der Waals surface area contributed by atoms with Gasteiger partial charge in [0.15, 0.2) is 5.11 Å². The average molecular weight is 565 g/mol. The molecule has 2 aromatic carbocycles. The minimum Gasteiger partial charge on any atom is -0.352 e. The van der Waals surface area contributed by atoms with E-state index >= 15 is 0 Å². The first-order chi connectivity index (χ1) is 15.7. The van der Waals surface area contributed by atoms with Crippen LogP contribution in [-0.2, 0) is 0 Å². The molecule has 1 unspecified atom stereocenters. The molecule has 0 radical (unpaired) electrons. The van der Waals surface area contributed by atoms with E-state index in [1.807, 2.05) is 5.32 Å². The number of halogens is 9. The first-order valence-electron chi connectivity index (χ1n) is 9.07. The van der Waals surface area contributed by atoms with Crippen LogP contribution >= 0.6 is 47.0 Å². The Labute approximate surface area is 210 Å². The second-order valence-corrected chi connectivity index (χ2v) is 8.28. The largest absolute Gasteiger partial charge is 0.405 e. The Morgan fingerprint density at radius 1 is 0.971 bits per heavy atom. The third-order valence-corrected chi connectivity index (χ3v) is 5.55. The van der Waals surface area contributed by atoms with Crippen LogP contribution in [0, 0.1) is 0 Å². The first kappa shape index (κ1) is 28.0. The topological polar surface area (TPSA) is 53.2 Å². The number of hydrogen-bond donors (Lipinski definition) is 3. The Hall–Kier alpha value is -2.21. The van der Waals surface area contributed by atoms with Crippen LogP contribution in [0.1, 0.15) is 27.4 Å². The number of nitrogens with one attached hydrogen (secondary N) is 3. The Kier molecular flexibility index (Phi) is 9.46. The van der Waals surface area contributed by atoms with E-state index in [1.54, 1.807) is 0 Å². The summed E-state index contributed by atoms with van der Waals surface area (Å²) in [5.41, 5.74) is 4.41. The van der Waals surface area contributed by atoms with Gasteiger partial charge in [0.2, 0.25) is 0 Å². The van der Waals surface area contributed by atoms with Crippen LogP contribution in [0.5, 0.6) is 0 Å². The Morgan fingerprint density at radius 3 is 2.03 bits per heavy atom. The molecule has 1 atom stereocenters. The van der Waals surface area contributed by atoms with Crippen molar-refractivity contribution in [3.63, 3.8) is 0 Å². The summed E-state index contributed by atoms with van der Waals surface area (Å²) in [4.78, 5) is 12.0. The van der Waals surface area contributed by atoms with Crippen LogP contribution in [0.4, 0.5) is 26.3 Å². The predicted octanol–water partition coefficient (Wildman–Crippen LogP) is 6.68. The molecule has 0 saturated heterocycles. The van der Waals surface area contributed by atoms with Crippen molar-refractivity contribution < 1.29 is 31.1 Å². The molecule has 0 aliphatic heterocycles. The van der Waals surface area contributed by atoms with Gasteiger partial charge in [0, 0.05) is 5.56 Å². The zero-order valence-corrected chi connectivity index (χ0v) is 19.7. The van der Waals surface area contributed by atoms with Crippen LogP contribution in [0.15, 0.2) is 42.5 Å². The zero-order chi connectivity index (χ0) is 25.7. The highest BCUT2D eigenvalue weighted by atomic mass is 35.5. The van der Waals surface area contributed by atoms with Crippen molar-refractivity contribution >= 4 is 64.1 Å². The number of alkyl halides is 6. The molecule has 4 nitrogen and oxygen atoms in total. The molecular weight excluding hydrogens is 551 g/mol. The monoisotopic (exact) mass is 563 g/mol. The lowest BCUT2D eigenvalue weighted by molar-refractivity contribution is -0.139. The van der Waals surface area contributed by atoms with E-state index in [-0.39, 0.29) is 26.2 Å². The SMILES string of the molecule is O=C(NNC(=S)NCC(F)(F)F)c1ccc(/C=C/C(c2cc(Cl)c(Cl)c(Cl)c2)C(F)(F)F)cc1. The summed E-state index contributed by atoms with van der Waals surface area (Å²) in [5, 5.41) is 1.10. The van der Waals surface area contributed by atoms with E-state index < -0.39 is 35.8 Å². The summed E-state index contributed by atoms with van der Waals surface area (Å²) in [7, 11) is 0. The van der Waals surface area contributed by atoms with Crippen molar-refractivity contribution in [3.05, 3.63) is 74.2 Å². The van der Waals surface area contributed by atoms with Gasteiger partial charge in [-0.25, -0.2) is 0 Å². The number of allylic oxidation sites excluding steroid dienone is 1. The molecule has 0 fully saturated rings. The van der Waals surface area contributed by atoms with Gasteiger partial charge in [-0.2, -0.15) is 26.3 Å². The molecule has 1 amide bonds. The number of rotatable bonds is 5. The van der Waals surface area contributed by atoms with Gasteiger partial charge >= 0.3 is 12.4 Å². The number of carbonyl (C=O) groups excluding carboxylic acids is 1. The highest BCUT2D eigenvalue weighted by Gasteiger charge is 2.39. The van der Waals surface area contributed by atoms with Crippen molar-refractivity contribution in [2.75, 3.05) is 6.54 Å². The lowest BCUT2D eigenvalue weighted by Gasteiger charge is -2.18. The van der Waals surface area contributed by atoms with Crippen molar-refractivity contribution in [1.29, 1.82) is 0 Å². The van der Waals surface area contributed by atoms with Crippen LogP contribution in [0.25, 0.3) is 6.08 Å². The predicted molar refractivity (Wildman–Crippen MR) is 123 cm³/mol. The summed E-state index contributed by atoms with van der Waals surface area (Å²) >= 11 is 22.1. The summed E-state index contributed by atoms with van der Waals surface area (Å²) in [6.07, 6.45) is -7.04. The summed E-state index contributed by atoms with van der Waals surface area (Å²) in [5.74, 6) is -2.76. The highest BCUT2D eigenvalue weighted by Crippen LogP contribution is 2.41. The molecule has 0 spiro atoms. The second kappa shape index (κ2) is 11.5. The van der Waals surface area contributed by atoms with Crippen LogP contribution in [0.3, 0.4) is 0 Å². The maximum atomic E-state index is 13.6. The average Bonchev–Trinajstić information content (AvgIpc) is 2.73. The minimum absolute atomic E-state index is 0.0581. The Morgan fingerprint density at radius 2 is 1.53 bits per heavy atom. The lowest BCUT2D eigenvalue weighted by atomic mass is 9.97. The number of amides is 1. The molecule has 2 rings (SSSR count). The van der Waals surface area contributed by atoms with Gasteiger partial charge < -0.3 is 5.32 Å². The van der Waals surface area contributed by atoms with Gasteiger partial charge in [0.25, 0.3) is 5.91 Å². The molecular formula is C20H14Cl3F6N3OS. The zero-order valence-electron chi connectivity index (χ0n) is 16.6. The van der Waals surface area contributed by atoms with Crippen molar-refractivity contribution in [2.24, 2.45) is 0 Å². The fourth-order valence-corrected chi connectivity index (χ4v) is 3.26.